The number of amidine groups is 1. The summed E-state index contributed by atoms with van der Waals surface area (Å²) in [6.45, 7) is -1.26. The van der Waals surface area contributed by atoms with Gasteiger partial charge in [0.25, 0.3) is 0 Å². The second kappa shape index (κ2) is 5.80. The van der Waals surface area contributed by atoms with Crippen LogP contribution in [0.1, 0.15) is 0 Å². The van der Waals surface area contributed by atoms with Crippen LogP contribution in [-0.2, 0) is 0 Å². The van der Waals surface area contributed by atoms with Crippen molar-refractivity contribution in [3.8, 4) is 18.2 Å². The number of benzene rings is 1. The van der Waals surface area contributed by atoms with Gasteiger partial charge in [-0.05, 0) is 12.1 Å². The fraction of sp³-hybridized carbons (Fsp3) is 0.182. The highest BCUT2D eigenvalue weighted by Crippen LogP contribution is 2.13. The van der Waals surface area contributed by atoms with E-state index in [1.54, 1.807) is 30.3 Å². The number of hydrogen-bond acceptors (Lipinski definition) is 2. The molecule has 90 valence electrons. The Morgan fingerprint density at radius 1 is 1.35 bits per heavy atom. The van der Waals surface area contributed by atoms with Gasteiger partial charge in [-0.2, -0.15) is 13.2 Å². The maximum atomic E-state index is 12.0. The lowest BCUT2D eigenvalue weighted by molar-refractivity contribution is -0.122. The molecule has 0 aliphatic rings. The van der Waals surface area contributed by atoms with Crippen molar-refractivity contribution in [2.75, 3.05) is 6.54 Å². The normalized spacial score (nSPS) is 11.8. The topological polar surface area (TPSA) is 33.6 Å². The number of aliphatic imine (C=N–C) groups is 1. The van der Waals surface area contributed by atoms with Crippen LogP contribution in [0.4, 0.5) is 13.2 Å². The Hall–Kier alpha value is -2.16. The summed E-state index contributed by atoms with van der Waals surface area (Å²) in [6, 6.07) is 9.72. The molecule has 0 amide bonds. The van der Waals surface area contributed by atoms with Crippen molar-refractivity contribution in [2.24, 2.45) is 4.99 Å². The zero-order chi connectivity index (χ0) is 12.7. The monoisotopic (exact) mass is 242 g/mol. The molecule has 1 N–H and O–H groups in total. The van der Waals surface area contributed by atoms with Crippen LogP contribution in [0.2, 0.25) is 0 Å². The molecule has 0 aromatic heterocycles. The molecule has 0 saturated carbocycles. The summed E-state index contributed by atoms with van der Waals surface area (Å²) in [5.74, 6) is 0.344. The maximum Gasteiger partial charge on any atom is 0.405 e. The molecule has 0 fully saturated rings. The summed E-state index contributed by atoms with van der Waals surface area (Å²) in [5, 5.41) is 1.97. The number of para-hydroxylation sites is 1. The van der Waals surface area contributed by atoms with Crippen LogP contribution in [0.25, 0.3) is 0 Å². The summed E-state index contributed by atoms with van der Waals surface area (Å²) in [4.78, 5) is 3.33. The summed E-state index contributed by atoms with van der Waals surface area (Å²) in [5.41, 5.74) is 0. The molecule has 0 unspecified atom stereocenters. The van der Waals surface area contributed by atoms with Gasteiger partial charge in [-0.3, -0.25) is 0 Å². The fourth-order valence-corrected chi connectivity index (χ4v) is 0.933. The minimum absolute atomic E-state index is 0.344. The van der Waals surface area contributed by atoms with Crippen molar-refractivity contribution >= 4 is 6.02 Å². The zero-order valence-corrected chi connectivity index (χ0v) is 8.66. The van der Waals surface area contributed by atoms with Crippen molar-refractivity contribution in [1.29, 1.82) is 0 Å². The van der Waals surface area contributed by atoms with Crippen LogP contribution >= 0.6 is 0 Å². The van der Waals surface area contributed by atoms with Crippen molar-refractivity contribution in [1.82, 2.24) is 5.32 Å². The number of halogens is 3. The number of rotatable bonds is 2. The zero-order valence-electron chi connectivity index (χ0n) is 8.66. The lowest BCUT2D eigenvalue weighted by Gasteiger charge is -2.11. The Morgan fingerprint density at radius 2 is 2.00 bits per heavy atom. The lowest BCUT2D eigenvalue weighted by Crippen LogP contribution is -2.36. The van der Waals surface area contributed by atoms with E-state index in [2.05, 4.69) is 4.99 Å². The van der Waals surface area contributed by atoms with Gasteiger partial charge in [-0.1, -0.05) is 24.6 Å². The molecule has 1 aromatic carbocycles. The molecule has 0 atom stereocenters. The van der Waals surface area contributed by atoms with E-state index in [0.717, 1.165) is 0 Å². The predicted molar refractivity (Wildman–Crippen MR) is 57.4 cm³/mol. The molecule has 0 aliphatic carbocycles. The lowest BCUT2D eigenvalue weighted by atomic mass is 10.3. The molecule has 0 radical (unpaired) electrons. The Labute approximate surface area is 96.3 Å². The van der Waals surface area contributed by atoms with Crippen LogP contribution in [0.15, 0.2) is 35.3 Å². The second-order valence-electron chi connectivity index (χ2n) is 2.93. The van der Waals surface area contributed by atoms with Gasteiger partial charge in [-0.15, -0.1) is 4.99 Å². The van der Waals surface area contributed by atoms with Crippen molar-refractivity contribution in [2.45, 2.75) is 6.18 Å². The Bertz CT molecular complexity index is 421. The molecular formula is C11H9F3N2O. The number of nitrogens with one attached hydrogen (secondary N) is 1. The highest BCUT2D eigenvalue weighted by atomic mass is 19.4. The number of ether oxygens (including phenoxy) is 1. The molecule has 0 aliphatic heterocycles. The average Bonchev–Trinajstić information content (AvgIpc) is 2.27. The van der Waals surface area contributed by atoms with Gasteiger partial charge in [-0.25, -0.2) is 0 Å². The predicted octanol–water partition coefficient (Wildman–Crippen LogP) is 2.16. The summed E-state index contributed by atoms with van der Waals surface area (Å²) < 4.78 is 41.0. The largest absolute Gasteiger partial charge is 0.425 e. The summed E-state index contributed by atoms with van der Waals surface area (Å²) in [7, 11) is 0. The Balaban J connectivity index is 2.63. The maximum absolute atomic E-state index is 12.0. The van der Waals surface area contributed by atoms with Gasteiger partial charge in [0.15, 0.2) is 0 Å². The van der Waals surface area contributed by atoms with Crippen molar-refractivity contribution in [3.63, 3.8) is 0 Å². The molecule has 0 bridgehead atoms. The third kappa shape index (κ3) is 5.47. The van der Waals surface area contributed by atoms with Crippen molar-refractivity contribution < 1.29 is 17.9 Å². The minimum atomic E-state index is -4.37. The van der Waals surface area contributed by atoms with Crippen molar-refractivity contribution in [3.05, 3.63) is 30.3 Å². The molecular weight excluding hydrogens is 233 g/mol. The molecule has 0 heterocycles. The number of nitrogens with zero attached hydrogens (tertiary/aromatic N) is 1. The molecule has 0 saturated heterocycles. The van der Waals surface area contributed by atoms with Crippen LogP contribution in [0.3, 0.4) is 0 Å². The summed E-state index contributed by atoms with van der Waals surface area (Å²) in [6.07, 6.45) is 0.518. The van der Waals surface area contributed by atoms with Crippen LogP contribution < -0.4 is 10.1 Å². The molecule has 1 rings (SSSR count). The van der Waals surface area contributed by atoms with E-state index < -0.39 is 12.7 Å². The summed E-state index contributed by atoms with van der Waals surface area (Å²) >= 11 is 0. The quantitative estimate of drug-likeness (QED) is 0.490. The highest BCUT2D eigenvalue weighted by Gasteiger charge is 2.27. The van der Waals surface area contributed by atoms with Gasteiger partial charge in [0.1, 0.15) is 12.3 Å². The van der Waals surface area contributed by atoms with Gasteiger partial charge >= 0.3 is 12.2 Å². The Morgan fingerprint density at radius 3 is 2.53 bits per heavy atom. The van der Waals surface area contributed by atoms with Gasteiger partial charge in [0.05, 0.1) is 0 Å². The molecule has 1 aromatic rings. The first-order valence-corrected chi connectivity index (χ1v) is 4.58. The number of terminal acetylenes is 1. The van der Waals surface area contributed by atoms with Gasteiger partial charge < -0.3 is 10.1 Å². The van der Waals surface area contributed by atoms with Crippen LogP contribution in [0, 0.1) is 12.5 Å². The van der Waals surface area contributed by atoms with E-state index in [-0.39, 0.29) is 6.02 Å². The van der Waals surface area contributed by atoms with E-state index >= 15 is 0 Å². The molecule has 17 heavy (non-hydrogen) atoms. The SMILES string of the molecule is C#CN=C(NCC(F)(F)F)Oc1ccccc1. The van der Waals surface area contributed by atoms with E-state index in [0.29, 0.717) is 5.75 Å². The van der Waals surface area contributed by atoms with E-state index in [4.69, 9.17) is 11.2 Å². The van der Waals surface area contributed by atoms with Gasteiger partial charge in [0.2, 0.25) is 0 Å². The third-order valence-electron chi connectivity index (χ3n) is 1.56. The fourth-order valence-electron chi connectivity index (χ4n) is 0.933. The molecule has 0 spiro atoms. The first-order valence-electron chi connectivity index (χ1n) is 4.58. The number of hydrogen-bond donors (Lipinski definition) is 1. The minimum Gasteiger partial charge on any atom is -0.425 e. The number of alkyl halides is 3. The standard InChI is InChI=1S/C11H9F3N2O/c1-2-15-10(16-8-11(12,13)14)17-9-6-4-3-5-7-9/h1,3-7H,8H2,(H,15,16). The molecule has 3 nitrogen and oxygen atoms in total. The van der Waals surface area contributed by atoms with Gasteiger partial charge in [0, 0.05) is 6.04 Å². The second-order valence-corrected chi connectivity index (χ2v) is 2.93. The van der Waals surface area contributed by atoms with E-state index in [1.807, 2.05) is 11.4 Å². The van der Waals surface area contributed by atoms with E-state index in [1.165, 1.54) is 0 Å². The third-order valence-corrected chi connectivity index (χ3v) is 1.56. The highest BCUT2D eigenvalue weighted by molar-refractivity contribution is 5.77. The smallest absolute Gasteiger partial charge is 0.405 e. The van der Waals surface area contributed by atoms with Crippen LogP contribution in [-0.4, -0.2) is 18.7 Å². The molecule has 6 heteroatoms. The first kappa shape index (κ1) is 12.9. The van der Waals surface area contributed by atoms with E-state index in [9.17, 15) is 13.2 Å². The Kier molecular flexibility index (Phi) is 4.40. The first-order chi connectivity index (χ1) is 8.01. The van der Waals surface area contributed by atoms with Crippen LogP contribution in [0.5, 0.6) is 5.75 Å². The average molecular weight is 242 g/mol.